The maximum Gasteiger partial charge on any atom is 0.508 e. The van der Waals surface area contributed by atoms with Crippen LogP contribution in [0.4, 0.5) is 9.59 Å². The summed E-state index contributed by atoms with van der Waals surface area (Å²) >= 11 is 1.37. The van der Waals surface area contributed by atoms with Crippen LogP contribution >= 0.6 is 11.3 Å². The lowest BCUT2D eigenvalue weighted by atomic mass is 9.84. The summed E-state index contributed by atoms with van der Waals surface area (Å²) in [4.78, 5) is 52.7. The Morgan fingerprint density at radius 3 is 2.04 bits per heavy atom. The summed E-state index contributed by atoms with van der Waals surface area (Å²) in [5.41, 5.74) is 0.358. The lowest BCUT2D eigenvalue weighted by Crippen LogP contribution is -2.46. The van der Waals surface area contributed by atoms with Crippen molar-refractivity contribution in [1.29, 1.82) is 0 Å². The van der Waals surface area contributed by atoms with Gasteiger partial charge < -0.3 is 18.9 Å². The standard InChI is InChI=1S/C39H32O10S2/c40-34-28-17-7-9-19-30(28)50-31(33(34)26-13-3-1-4-14-26)23-48-36(42)46-21-11-12-22-47-37(43)49-25-38-24-39(38,27-15-5-2-6-16-27)35(41)29-18-8-10-20-32(29)51(38,44)45/h1-10,13-20H,11-12,21-25H2. The first kappa shape index (κ1) is 34.1. The molecule has 1 aliphatic carbocycles. The first-order valence-corrected chi connectivity index (χ1v) is 18.6. The average Bonchev–Trinajstić information content (AvgIpc) is 3.87. The third kappa shape index (κ3) is 5.98. The zero-order valence-corrected chi connectivity index (χ0v) is 28.9. The number of carbonyl (C=O) groups is 3. The molecule has 1 saturated carbocycles. The largest absolute Gasteiger partial charge is 0.508 e. The van der Waals surface area contributed by atoms with Crippen molar-refractivity contribution in [1.82, 2.24) is 0 Å². The summed E-state index contributed by atoms with van der Waals surface area (Å²) in [5, 5.41) is 0.589. The second-order valence-electron chi connectivity index (χ2n) is 12.3. The quantitative estimate of drug-likeness (QED) is 0.101. The molecule has 0 amide bonds. The molecule has 12 heteroatoms. The number of Topliss-reactive ketones (excluding diaryl/α,β-unsaturated/α-hetero) is 1. The van der Waals surface area contributed by atoms with Gasteiger partial charge in [0.05, 0.1) is 28.4 Å². The topological polar surface area (TPSA) is 139 Å². The molecule has 2 aliphatic rings. The smallest absolute Gasteiger partial charge is 0.434 e. The Bertz CT molecular complexity index is 2300. The van der Waals surface area contributed by atoms with Crippen LogP contribution in [0.5, 0.6) is 0 Å². The predicted octanol–water partition coefficient (Wildman–Crippen LogP) is 7.27. The van der Waals surface area contributed by atoms with Gasteiger partial charge >= 0.3 is 12.3 Å². The fraction of sp³-hybridized carbons (Fsp3) is 0.231. The molecule has 2 unspecified atom stereocenters. The number of rotatable bonds is 11. The molecule has 10 nitrogen and oxygen atoms in total. The van der Waals surface area contributed by atoms with Gasteiger partial charge in [-0.1, -0.05) is 91.0 Å². The van der Waals surface area contributed by atoms with Gasteiger partial charge in [0.2, 0.25) is 0 Å². The Labute approximate surface area is 297 Å². The number of hydrogen-bond acceptors (Lipinski definition) is 11. The van der Waals surface area contributed by atoms with Crippen LogP contribution in [0.25, 0.3) is 21.2 Å². The Hall–Kier alpha value is -5.33. The maximum absolute atomic E-state index is 13.9. The third-order valence-corrected chi connectivity index (χ3v) is 13.2. The van der Waals surface area contributed by atoms with Crippen molar-refractivity contribution in [3.05, 3.63) is 135 Å². The first-order chi connectivity index (χ1) is 24.7. The van der Waals surface area contributed by atoms with E-state index in [2.05, 4.69) is 0 Å². The van der Waals surface area contributed by atoms with E-state index in [1.807, 2.05) is 48.5 Å². The Kier molecular flexibility index (Phi) is 9.21. The van der Waals surface area contributed by atoms with Crippen molar-refractivity contribution in [3.63, 3.8) is 0 Å². The molecule has 1 aromatic heterocycles. The highest BCUT2D eigenvalue weighted by Gasteiger charge is 2.82. The summed E-state index contributed by atoms with van der Waals surface area (Å²) in [5.74, 6) is -0.320. The van der Waals surface area contributed by atoms with E-state index in [-0.39, 0.29) is 47.9 Å². The highest BCUT2D eigenvalue weighted by atomic mass is 32.2. The van der Waals surface area contributed by atoms with E-state index in [4.69, 9.17) is 18.9 Å². The van der Waals surface area contributed by atoms with Crippen LogP contribution < -0.4 is 5.43 Å². The van der Waals surface area contributed by atoms with Gasteiger partial charge in [-0.15, -0.1) is 11.3 Å². The molecule has 260 valence electrons. The van der Waals surface area contributed by atoms with Crippen LogP contribution in [-0.4, -0.2) is 51.1 Å². The maximum atomic E-state index is 13.9. The Morgan fingerprint density at radius 1 is 0.706 bits per heavy atom. The number of unbranched alkanes of at least 4 members (excludes halogenated alkanes) is 1. The summed E-state index contributed by atoms with van der Waals surface area (Å²) in [7, 11) is -4.06. The molecule has 0 bridgehead atoms. The zero-order valence-electron chi connectivity index (χ0n) is 27.2. The summed E-state index contributed by atoms with van der Waals surface area (Å²) < 4.78 is 48.0. The minimum absolute atomic E-state index is 0.0147. The van der Waals surface area contributed by atoms with Crippen molar-refractivity contribution in [2.24, 2.45) is 0 Å². The molecule has 0 radical (unpaired) electrons. The van der Waals surface area contributed by atoms with E-state index in [1.54, 1.807) is 48.5 Å². The normalized spacial score (nSPS) is 19.7. The molecule has 1 aliphatic heterocycles. The van der Waals surface area contributed by atoms with Gasteiger partial charge in [-0.3, -0.25) is 9.59 Å². The molecule has 5 aromatic rings. The van der Waals surface area contributed by atoms with Crippen molar-refractivity contribution < 1.29 is 41.7 Å². The van der Waals surface area contributed by atoms with Crippen LogP contribution in [0.3, 0.4) is 0 Å². The number of fused-ring (bicyclic) bond motifs is 3. The number of hydrogen-bond donors (Lipinski definition) is 0. The van der Waals surface area contributed by atoms with E-state index in [1.165, 1.54) is 23.5 Å². The van der Waals surface area contributed by atoms with Gasteiger partial charge in [0.25, 0.3) is 0 Å². The fourth-order valence-corrected chi connectivity index (χ4v) is 10.4. The molecular weight excluding hydrogens is 693 g/mol. The van der Waals surface area contributed by atoms with Gasteiger partial charge in [0, 0.05) is 21.2 Å². The molecule has 1 fully saturated rings. The van der Waals surface area contributed by atoms with Gasteiger partial charge in [-0.2, -0.15) is 0 Å². The summed E-state index contributed by atoms with van der Waals surface area (Å²) in [6.07, 6.45) is -1.34. The van der Waals surface area contributed by atoms with Crippen LogP contribution in [0.2, 0.25) is 0 Å². The number of carbonyl (C=O) groups excluding carboxylic acids is 3. The van der Waals surface area contributed by atoms with Gasteiger partial charge in [0.15, 0.2) is 21.0 Å². The first-order valence-electron chi connectivity index (χ1n) is 16.3. The van der Waals surface area contributed by atoms with E-state index < -0.39 is 38.9 Å². The van der Waals surface area contributed by atoms with Gasteiger partial charge in [-0.05, 0) is 48.6 Å². The van der Waals surface area contributed by atoms with Crippen LogP contribution in [-0.2, 0) is 40.8 Å². The molecule has 2 heterocycles. The molecule has 0 spiro atoms. The van der Waals surface area contributed by atoms with Gasteiger partial charge in [-0.25, -0.2) is 18.0 Å². The van der Waals surface area contributed by atoms with Crippen molar-refractivity contribution in [2.75, 3.05) is 19.8 Å². The molecule has 2 atom stereocenters. The lowest BCUT2D eigenvalue weighted by molar-refractivity contribution is 0.0402. The molecule has 0 N–H and O–H groups in total. The van der Waals surface area contributed by atoms with Crippen LogP contribution in [0.15, 0.2) is 119 Å². The molecule has 51 heavy (non-hydrogen) atoms. The minimum Gasteiger partial charge on any atom is -0.434 e. The summed E-state index contributed by atoms with van der Waals surface area (Å²) in [6.45, 7) is -0.786. The van der Waals surface area contributed by atoms with Crippen molar-refractivity contribution in [2.45, 2.75) is 40.9 Å². The molecule has 4 aromatic carbocycles. The number of ketones is 1. The summed E-state index contributed by atoms with van der Waals surface area (Å²) in [6, 6.07) is 31.2. The fourth-order valence-electron chi connectivity index (χ4n) is 6.88. The number of sulfone groups is 1. The zero-order chi connectivity index (χ0) is 35.6. The van der Waals surface area contributed by atoms with Crippen LogP contribution in [0, 0.1) is 0 Å². The number of benzene rings is 4. The Balaban J connectivity index is 0.902. The monoisotopic (exact) mass is 724 g/mol. The predicted molar refractivity (Wildman–Crippen MR) is 190 cm³/mol. The third-order valence-electron chi connectivity index (χ3n) is 9.45. The second kappa shape index (κ2) is 13.8. The molecule has 0 saturated heterocycles. The van der Waals surface area contributed by atoms with E-state index >= 15 is 0 Å². The molecule has 7 rings (SSSR count). The highest BCUT2D eigenvalue weighted by molar-refractivity contribution is 7.93. The van der Waals surface area contributed by atoms with Crippen molar-refractivity contribution >= 4 is 49.4 Å². The average molecular weight is 725 g/mol. The van der Waals surface area contributed by atoms with Gasteiger partial charge in [0.1, 0.15) is 18.0 Å². The lowest BCUT2D eigenvalue weighted by Gasteiger charge is -2.30. The number of ether oxygens (including phenoxy) is 4. The minimum atomic E-state index is -4.06. The van der Waals surface area contributed by atoms with E-state index in [0.717, 1.165) is 10.3 Å². The Morgan fingerprint density at radius 2 is 1.31 bits per heavy atom. The van der Waals surface area contributed by atoms with E-state index in [0.29, 0.717) is 34.2 Å². The highest BCUT2D eigenvalue weighted by Crippen LogP contribution is 2.68. The second-order valence-corrected chi connectivity index (χ2v) is 15.7. The van der Waals surface area contributed by atoms with Crippen LogP contribution in [0.1, 0.15) is 40.1 Å². The molecular formula is C39H32O10S2. The van der Waals surface area contributed by atoms with E-state index in [9.17, 15) is 27.6 Å². The SMILES string of the molecule is O=C(OCCCCOC(=O)OCC12CC1(c1ccccc1)C(=O)c1ccccc1S2(=O)=O)OCc1sc2ccccc2c(=O)c1-c1ccccc1. The van der Waals surface area contributed by atoms with Crippen molar-refractivity contribution in [3.8, 4) is 11.1 Å².